The Kier molecular flexibility index (Phi) is 5.49. The molecule has 0 saturated heterocycles. The number of amides is 1. The fourth-order valence-corrected chi connectivity index (χ4v) is 3.80. The average molecular weight is 422 g/mol. The lowest BCUT2D eigenvalue weighted by Crippen LogP contribution is -2.25. The second kappa shape index (κ2) is 8.89. The zero-order valence-corrected chi connectivity index (χ0v) is 17.4. The number of nitrogens with zero attached hydrogens (tertiary/aromatic N) is 3. The van der Waals surface area contributed by atoms with Gasteiger partial charge in [0.1, 0.15) is 5.69 Å². The van der Waals surface area contributed by atoms with Crippen LogP contribution in [0.3, 0.4) is 0 Å². The molecule has 0 saturated carbocycles. The molecular weight excluding hydrogens is 400 g/mol. The van der Waals surface area contributed by atoms with Crippen molar-refractivity contribution in [1.82, 2.24) is 20.3 Å². The number of carbonyl (C=O) groups excluding carboxylic acids is 1. The van der Waals surface area contributed by atoms with Crippen molar-refractivity contribution in [2.75, 3.05) is 0 Å². The Hall–Kier alpha value is -4.19. The van der Waals surface area contributed by atoms with E-state index in [0.717, 1.165) is 28.6 Å². The molecule has 5 rings (SSSR count). The van der Waals surface area contributed by atoms with Gasteiger partial charge >= 0.3 is 0 Å². The summed E-state index contributed by atoms with van der Waals surface area (Å²) in [5.41, 5.74) is 5.80. The second-order valence-electron chi connectivity index (χ2n) is 7.64. The van der Waals surface area contributed by atoms with Crippen LogP contribution in [0.15, 0.2) is 95.8 Å². The van der Waals surface area contributed by atoms with Gasteiger partial charge in [-0.25, -0.2) is 0 Å². The van der Waals surface area contributed by atoms with Crippen LogP contribution in [-0.4, -0.2) is 20.8 Å². The van der Waals surface area contributed by atoms with Crippen molar-refractivity contribution < 1.29 is 9.32 Å². The summed E-state index contributed by atoms with van der Waals surface area (Å²) in [7, 11) is 0. The lowest BCUT2D eigenvalue weighted by atomic mass is 9.98. The van der Waals surface area contributed by atoms with Crippen LogP contribution in [0.25, 0.3) is 22.1 Å². The summed E-state index contributed by atoms with van der Waals surface area (Å²) in [6.07, 6.45) is 3.92. The Morgan fingerprint density at radius 2 is 1.75 bits per heavy atom. The van der Waals surface area contributed by atoms with Gasteiger partial charge in [0.2, 0.25) is 5.91 Å². The highest BCUT2D eigenvalue weighted by Crippen LogP contribution is 2.24. The van der Waals surface area contributed by atoms with Crippen LogP contribution in [0.5, 0.6) is 0 Å². The molecule has 2 aromatic heterocycles. The van der Waals surface area contributed by atoms with Gasteiger partial charge in [-0.3, -0.25) is 9.48 Å². The van der Waals surface area contributed by atoms with Gasteiger partial charge in [0, 0.05) is 24.3 Å². The molecule has 5 aromatic rings. The minimum absolute atomic E-state index is 0.0894. The molecule has 158 valence electrons. The largest absolute Gasteiger partial charge is 0.356 e. The number of fused-ring (bicyclic) bond motifs is 1. The molecule has 1 amide bonds. The number of aromatic nitrogens is 3. The first-order valence-corrected chi connectivity index (χ1v) is 10.5. The van der Waals surface area contributed by atoms with E-state index in [4.69, 9.17) is 4.52 Å². The lowest BCUT2D eigenvalue weighted by molar-refractivity contribution is -0.120. The first-order chi connectivity index (χ1) is 15.8. The molecule has 6 nitrogen and oxygen atoms in total. The number of carbonyl (C=O) groups is 1. The van der Waals surface area contributed by atoms with Crippen LogP contribution in [0, 0.1) is 0 Å². The normalized spacial score (nSPS) is 11.0. The molecule has 0 aliphatic carbocycles. The summed E-state index contributed by atoms with van der Waals surface area (Å²) in [6.45, 7) is 1.18. The Morgan fingerprint density at radius 3 is 2.59 bits per heavy atom. The highest BCUT2D eigenvalue weighted by atomic mass is 16.5. The number of para-hydroxylation sites is 1. The van der Waals surface area contributed by atoms with Crippen LogP contribution in [-0.2, 0) is 24.3 Å². The summed E-state index contributed by atoms with van der Waals surface area (Å²) < 4.78 is 7.20. The van der Waals surface area contributed by atoms with Gasteiger partial charge in [-0.15, -0.1) is 0 Å². The van der Waals surface area contributed by atoms with Crippen molar-refractivity contribution in [1.29, 1.82) is 0 Å². The fourth-order valence-electron chi connectivity index (χ4n) is 3.80. The molecule has 0 fully saturated rings. The smallest absolute Gasteiger partial charge is 0.226 e. The molecule has 0 bridgehead atoms. The summed E-state index contributed by atoms with van der Waals surface area (Å²) >= 11 is 0. The Labute approximate surface area is 185 Å². The van der Waals surface area contributed by atoms with Gasteiger partial charge in [-0.05, 0) is 40.5 Å². The lowest BCUT2D eigenvalue weighted by Gasteiger charge is -2.12. The molecule has 0 unspecified atom stereocenters. The van der Waals surface area contributed by atoms with Crippen molar-refractivity contribution in [3.63, 3.8) is 0 Å². The fraction of sp³-hybridized carbons (Fsp3) is 0.115. The molecule has 0 aliphatic heterocycles. The number of hydrogen-bond donors (Lipinski definition) is 1. The van der Waals surface area contributed by atoms with E-state index in [2.05, 4.69) is 45.9 Å². The second-order valence-corrected chi connectivity index (χ2v) is 7.64. The number of hydrogen-bond acceptors (Lipinski definition) is 4. The van der Waals surface area contributed by atoms with Crippen molar-refractivity contribution in [2.45, 2.75) is 19.5 Å². The van der Waals surface area contributed by atoms with Crippen molar-refractivity contribution in [3.05, 3.63) is 108 Å². The quantitative estimate of drug-likeness (QED) is 0.416. The Balaban J connectivity index is 1.26. The van der Waals surface area contributed by atoms with E-state index in [1.54, 1.807) is 6.20 Å². The van der Waals surface area contributed by atoms with Gasteiger partial charge in [0.05, 0.1) is 13.0 Å². The third-order valence-corrected chi connectivity index (χ3v) is 5.44. The Bertz CT molecular complexity index is 1340. The first-order valence-electron chi connectivity index (χ1n) is 10.5. The molecule has 0 spiro atoms. The number of rotatable bonds is 7. The van der Waals surface area contributed by atoms with Gasteiger partial charge in [0.25, 0.3) is 0 Å². The molecule has 0 aliphatic rings. The van der Waals surface area contributed by atoms with E-state index >= 15 is 0 Å². The van der Waals surface area contributed by atoms with Crippen LogP contribution in [0.1, 0.15) is 16.8 Å². The minimum atomic E-state index is -0.0894. The summed E-state index contributed by atoms with van der Waals surface area (Å²) in [5.74, 6) is -0.0894. The Morgan fingerprint density at radius 1 is 0.938 bits per heavy atom. The van der Waals surface area contributed by atoms with Crippen molar-refractivity contribution in [2.24, 2.45) is 0 Å². The highest BCUT2D eigenvalue weighted by molar-refractivity contribution is 5.86. The van der Waals surface area contributed by atoms with Crippen LogP contribution < -0.4 is 5.32 Å². The third kappa shape index (κ3) is 4.30. The van der Waals surface area contributed by atoms with Crippen molar-refractivity contribution >= 4 is 16.9 Å². The molecule has 3 aromatic carbocycles. The first kappa shape index (κ1) is 19.8. The number of nitrogens with one attached hydrogen (secondary N) is 1. The maximum absolute atomic E-state index is 12.6. The number of benzene rings is 3. The van der Waals surface area contributed by atoms with Crippen LogP contribution in [0.2, 0.25) is 0 Å². The van der Waals surface area contributed by atoms with Gasteiger partial charge in [-0.1, -0.05) is 65.8 Å². The average Bonchev–Trinajstić information content (AvgIpc) is 3.49. The molecule has 0 atom stereocenters. The van der Waals surface area contributed by atoms with Crippen LogP contribution in [0.4, 0.5) is 0 Å². The minimum Gasteiger partial charge on any atom is -0.356 e. The van der Waals surface area contributed by atoms with E-state index in [-0.39, 0.29) is 12.3 Å². The van der Waals surface area contributed by atoms with E-state index in [1.807, 2.05) is 59.4 Å². The molecule has 6 heteroatoms. The maximum Gasteiger partial charge on any atom is 0.226 e. The third-order valence-electron chi connectivity index (χ3n) is 5.44. The van der Waals surface area contributed by atoms with Crippen LogP contribution >= 0.6 is 0 Å². The van der Waals surface area contributed by atoms with E-state index in [0.29, 0.717) is 17.8 Å². The predicted molar refractivity (Wildman–Crippen MR) is 123 cm³/mol. The summed E-state index contributed by atoms with van der Waals surface area (Å²) in [6, 6.07) is 26.1. The summed E-state index contributed by atoms with van der Waals surface area (Å²) in [4.78, 5) is 12.6. The van der Waals surface area contributed by atoms with E-state index in [9.17, 15) is 4.79 Å². The summed E-state index contributed by atoms with van der Waals surface area (Å²) in [5, 5.41) is 12.2. The van der Waals surface area contributed by atoms with Gasteiger partial charge < -0.3 is 9.84 Å². The highest BCUT2D eigenvalue weighted by Gasteiger charge is 2.13. The molecular formula is C26H22N4O2. The molecule has 0 radical (unpaired) electrons. The monoisotopic (exact) mass is 422 g/mol. The topological polar surface area (TPSA) is 73.0 Å². The van der Waals surface area contributed by atoms with E-state index < -0.39 is 0 Å². The standard InChI is InChI=1S/C26H22N4O2/c31-26(16-24-23-8-3-4-9-25(23)32-29-24)27-17-21-6-1-2-7-22(21)20-12-10-19(11-13-20)18-30-15-5-14-28-30/h1-15H,16-18H2,(H,27,31). The van der Waals surface area contributed by atoms with E-state index in [1.165, 1.54) is 5.56 Å². The maximum atomic E-state index is 12.6. The predicted octanol–water partition coefficient (Wildman–Crippen LogP) is 4.60. The molecule has 1 N–H and O–H groups in total. The van der Waals surface area contributed by atoms with Gasteiger partial charge in [-0.2, -0.15) is 5.10 Å². The van der Waals surface area contributed by atoms with Gasteiger partial charge in [0.15, 0.2) is 5.58 Å². The SMILES string of the molecule is O=C(Cc1noc2ccccc12)NCc1ccccc1-c1ccc(Cn2cccn2)cc1. The zero-order chi connectivity index (χ0) is 21.8. The molecule has 2 heterocycles. The van der Waals surface area contributed by atoms with Crippen molar-refractivity contribution in [3.8, 4) is 11.1 Å². The molecule has 32 heavy (non-hydrogen) atoms. The zero-order valence-electron chi connectivity index (χ0n) is 17.4.